The van der Waals surface area contributed by atoms with Gasteiger partial charge >= 0.3 is 0 Å². The molecule has 2 aromatic carbocycles. The molecule has 28 heavy (non-hydrogen) atoms. The molecule has 3 N–H and O–H groups in total. The van der Waals surface area contributed by atoms with E-state index in [1.807, 2.05) is 54.6 Å². The van der Waals surface area contributed by atoms with Gasteiger partial charge in [0, 0.05) is 5.92 Å². The summed E-state index contributed by atoms with van der Waals surface area (Å²) in [7, 11) is 3.25. The van der Waals surface area contributed by atoms with Crippen molar-refractivity contribution in [3.8, 4) is 11.5 Å². The number of benzene rings is 2. The second-order valence-electron chi connectivity index (χ2n) is 6.81. The summed E-state index contributed by atoms with van der Waals surface area (Å²) in [4.78, 5) is 0. The smallest absolute Gasteiger partial charge is 0.118 e. The summed E-state index contributed by atoms with van der Waals surface area (Å²) in [6, 6.07) is 14.9. The number of hydroxylamine groups is 1. The number of hydrogen-bond donors (Lipinski definition) is 3. The molecule has 148 valence electrons. The lowest BCUT2D eigenvalue weighted by molar-refractivity contribution is 0.106. The molecule has 0 aliphatic heterocycles. The summed E-state index contributed by atoms with van der Waals surface area (Å²) in [5.41, 5.74) is 5.90. The molecule has 1 aliphatic rings. The van der Waals surface area contributed by atoms with Crippen LogP contribution in [0.25, 0.3) is 6.08 Å². The normalized spacial score (nSPS) is 20.9. The first-order valence-corrected chi connectivity index (χ1v) is 9.30. The van der Waals surface area contributed by atoms with E-state index in [-0.39, 0.29) is 12.0 Å². The van der Waals surface area contributed by atoms with E-state index in [1.165, 1.54) is 0 Å². The third-order valence-corrected chi connectivity index (χ3v) is 5.22. The Morgan fingerprint density at radius 2 is 1.64 bits per heavy atom. The Labute approximate surface area is 165 Å². The number of allylic oxidation sites excluding steroid dienone is 1. The summed E-state index contributed by atoms with van der Waals surface area (Å²) < 4.78 is 10.4. The molecule has 1 saturated carbocycles. The second-order valence-corrected chi connectivity index (χ2v) is 6.81. The Hall–Kier alpha value is -2.83. The van der Waals surface area contributed by atoms with Crippen LogP contribution in [0.3, 0.4) is 0 Å². The SMILES string of the molecule is COc1ccc(/C=C2\CCCC(C(NO)c3ccc(OC)cc3)\C2=N/O)cc1. The van der Waals surface area contributed by atoms with Crippen molar-refractivity contribution < 1.29 is 19.9 Å². The number of nitrogens with zero attached hydrogens (tertiary/aromatic N) is 1. The van der Waals surface area contributed by atoms with Crippen molar-refractivity contribution in [2.45, 2.75) is 25.3 Å². The van der Waals surface area contributed by atoms with Crippen molar-refractivity contribution in [1.29, 1.82) is 0 Å². The average molecular weight is 382 g/mol. The van der Waals surface area contributed by atoms with Gasteiger partial charge in [0.05, 0.1) is 26.0 Å². The van der Waals surface area contributed by atoms with E-state index in [9.17, 15) is 10.4 Å². The van der Waals surface area contributed by atoms with E-state index >= 15 is 0 Å². The number of rotatable bonds is 6. The maximum absolute atomic E-state index is 9.85. The highest BCUT2D eigenvalue weighted by molar-refractivity contribution is 6.06. The van der Waals surface area contributed by atoms with Crippen molar-refractivity contribution >= 4 is 11.8 Å². The molecule has 3 rings (SSSR count). The molecule has 0 heterocycles. The molecule has 0 radical (unpaired) electrons. The minimum absolute atomic E-state index is 0.151. The number of methoxy groups -OCH3 is 2. The van der Waals surface area contributed by atoms with Gasteiger partial charge in [0.15, 0.2) is 0 Å². The molecule has 0 amide bonds. The largest absolute Gasteiger partial charge is 0.497 e. The number of oxime groups is 1. The van der Waals surface area contributed by atoms with Crippen molar-refractivity contribution in [1.82, 2.24) is 5.48 Å². The highest BCUT2D eigenvalue weighted by atomic mass is 16.5. The van der Waals surface area contributed by atoms with Crippen LogP contribution in [0.4, 0.5) is 0 Å². The summed E-state index contributed by atoms with van der Waals surface area (Å²) >= 11 is 0. The zero-order valence-electron chi connectivity index (χ0n) is 16.1. The maximum Gasteiger partial charge on any atom is 0.118 e. The first kappa shape index (κ1) is 19.9. The third-order valence-electron chi connectivity index (χ3n) is 5.22. The van der Waals surface area contributed by atoms with E-state index in [0.717, 1.165) is 47.5 Å². The fourth-order valence-electron chi connectivity index (χ4n) is 3.73. The minimum atomic E-state index is -0.378. The number of ether oxygens (including phenoxy) is 2. The number of hydrogen-bond acceptors (Lipinski definition) is 6. The van der Waals surface area contributed by atoms with E-state index in [1.54, 1.807) is 14.2 Å². The zero-order chi connectivity index (χ0) is 19.9. The molecule has 0 spiro atoms. The lowest BCUT2D eigenvalue weighted by Gasteiger charge is -2.31. The van der Waals surface area contributed by atoms with Crippen molar-refractivity contribution in [3.63, 3.8) is 0 Å². The molecule has 2 aromatic rings. The van der Waals surface area contributed by atoms with Crippen LogP contribution < -0.4 is 15.0 Å². The second kappa shape index (κ2) is 9.39. The Morgan fingerprint density at radius 3 is 2.18 bits per heavy atom. The molecule has 0 bridgehead atoms. The summed E-state index contributed by atoms with van der Waals surface area (Å²) in [6.45, 7) is 0. The van der Waals surface area contributed by atoms with Crippen molar-refractivity contribution in [2.24, 2.45) is 11.1 Å². The van der Waals surface area contributed by atoms with Crippen LogP contribution in [0, 0.1) is 5.92 Å². The van der Waals surface area contributed by atoms with Crippen LogP contribution in [-0.2, 0) is 0 Å². The molecule has 6 nitrogen and oxygen atoms in total. The Bertz CT molecular complexity index is 829. The van der Waals surface area contributed by atoms with Crippen LogP contribution in [0.5, 0.6) is 11.5 Å². The summed E-state index contributed by atoms with van der Waals surface area (Å²) in [5, 5.41) is 23.2. The lowest BCUT2D eigenvalue weighted by atomic mass is 9.77. The average Bonchev–Trinajstić information content (AvgIpc) is 2.75. The standard InChI is InChI=1S/C22H26N2O4/c1-27-18-10-6-15(7-11-18)14-17-4-3-5-20(22(17)24-26)21(23-25)16-8-12-19(28-2)13-9-16/h6-14,20-21,23,25-26H,3-5H2,1-2H3/b17-14+,24-22-. The molecule has 6 heteroatoms. The molecule has 0 saturated heterocycles. The van der Waals surface area contributed by atoms with Crippen LogP contribution in [-0.4, -0.2) is 30.3 Å². The zero-order valence-corrected chi connectivity index (χ0v) is 16.1. The highest BCUT2D eigenvalue weighted by Gasteiger charge is 2.33. The number of nitrogens with one attached hydrogen (secondary N) is 1. The van der Waals surface area contributed by atoms with Crippen molar-refractivity contribution in [3.05, 3.63) is 65.2 Å². The fourth-order valence-corrected chi connectivity index (χ4v) is 3.73. The van der Waals surface area contributed by atoms with Gasteiger partial charge in [0.2, 0.25) is 0 Å². The predicted octanol–water partition coefficient (Wildman–Crippen LogP) is 4.44. The molecule has 0 aromatic heterocycles. The van der Waals surface area contributed by atoms with Gasteiger partial charge in [-0.25, -0.2) is 0 Å². The van der Waals surface area contributed by atoms with Gasteiger partial charge in [-0.2, -0.15) is 5.48 Å². The van der Waals surface area contributed by atoms with E-state index in [2.05, 4.69) is 10.6 Å². The first-order valence-electron chi connectivity index (χ1n) is 9.30. The molecular formula is C22H26N2O4. The topological polar surface area (TPSA) is 83.3 Å². The minimum Gasteiger partial charge on any atom is -0.497 e. The quantitative estimate of drug-likeness (QED) is 0.508. The summed E-state index contributed by atoms with van der Waals surface area (Å²) in [5.74, 6) is 1.39. The third kappa shape index (κ3) is 4.35. The van der Waals surface area contributed by atoms with Crippen LogP contribution in [0.1, 0.15) is 36.4 Å². The molecule has 1 fully saturated rings. The van der Waals surface area contributed by atoms with E-state index < -0.39 is 0 Å². The van der Waals surface area contributed by atoms with Gasteiger partial charge in [-0.15, -0.1) is 0 Å². The predicted molar refractivity (Wildman–Crippen MR) is 108 cm³/mol. The Kier molecular flexibility index (Phi) is 6.68. The van der Waals surface area contributed by atoms with Gasteiger partial charge in [0.1, 0.15) is 11.5 Å². The Balaban J connectivity index is 1.88. The van der Waals surface area contributed by atoms with Crippen molar-refractivity contribution in [2.75, 3.05) is 14.2 Å². The van der Waals surface area contributed by atoms with E-state index in [0.29, 0.717) is 5.71 Å². The Morgan fingerprint density at radius 1 is 1.04 bits per heavy atom. The summed E-state index contributed by atoms with van der Waals surface area (Å²) in [6.07, 6.45) is 4.61. The van der Waals surface area contributed by atoms with Crippen LogP contribution >= 0.6 is 0 Å². The van der Waals surface area contributed by atoms with Gasteiger partial charge in [-0.3, -0.25) is 0 Å². The molecule has 2 atom stereocenters. The monoisotopic (exact) mass is 382 g/mol. The first-order chi connectivity index (χ1) is 13.7. The van der Waals surface area contributed by atoms with Crippen LogP contribution in [0.2, 0.25) is 0 Å². The lowest BCUT2D eigenvalue weighted by Crippen LogP contribution is -2.34. The maximum atomic E-state index is 9.85. The van der Waals surface area contributed by atoms with Gasteiger partial charge in [0.25, 0.3) is 0 Å². The van der Waals surface area contributed by atoms with E-state index in [4.69, 9.17) is 9.47 Å². The fraction of sp³-hybridized carbons (Fsp3) is 0.318. The van der Waals surface area contributed by atoms with Crippen LogP contribution in [0.15, 0.2) is 59.3 Å². The highest BCUT2D eigenvalue weighted by Crippen LogP contribution is 2.36. The molecule has 2 unspecified atom stereocenters. The molecular weight excluding hydrogens is 356 g/mol. The van der Waals surface area contributed by atoms with Gasteiger partial charge < -0.3 is 19.9 Å². The van der Waals surface area contributed by atoms with Gasteiger partial charge in [-0.1, -0.05) is 29.4 Å². The van der Waals surface area contributed by atoms with Gasteiger partial charge in [-0.05, 0) is 66.3 Å². The molecule has 1 aliphatic carbocycles.